The normalized spacial score (nSPS) is 11.6. The van der Waals surface area contributed by atoms with Gasteiger partial charge in [0.05, 0.1) is 11.1 Å². The number of hydrogen-bond donors (Lipinski definition) is 1. The third-order valence-corrected chi connectivity index (χ3v) is 4.34. The summed E-state index contributed by atoms with van der Waals surface area (Å²) in [7, 11) is 0. The Labute approximate surface area is 162 Å². The van der Waals surface area contributed by atoms with Crippen molar-refractivity contribution in [2.75, 3.05) is 5.32 Å². The second kappa shape index (κ2) is 7.05. The van der Waals surface area contributed by atoms with E-state index in [1.165, 1.54) is 30.9 Å². The molecule has 4 aromatic rings. The zero-order chi connectivity index (χ0) is 19.7. The molecule has 0 radical (unpaired) electrons. The van der Waals surface area contributed by atoms with Gasteiger partial charge in [0.15, 0.2) is 5.82 Å². The lowest BCUT2D eigenvalue weighted by atomic mass is 10.1. The monoisotopic (exact) mass is 401 g/mol. The Kier molecular flexibility index (Phi) is 4.56. The molecule has 0 saturated carbocycles. The standard InChI is InChI=1S/C19H11ClF3N5/c20-17-14-6-1-11(9-15(14)26-10-27-17)16-18(25-8-7-24-16)28-13-4-2-12(3-5-13)19(21,22)23/h1-10H,(H,25,28). The molecule has 2 heterocycles. The van der Waals surface area contributed by atoms with Crippen molar-refractivity contribution in [2.45, 2.75) is 6.18 Å². The third kappa shape index (κ3) is 3.59. The van der Waals surface area contributed by atoms with E-state index in [1.54, 1.807) is 18.2 Å². The van der Waals surface area contributed by atoms with Crippen LogP contribution in [0.25, 0.3) is 22.2 Å². The molecule has 0 aliphatic rings. The minimum atomic E-state index is -4.38. The third-order valence-electron chi connectivity index (χ3n) is 4.03. The Balaban J connectivity index is 1.69. The van der Waals surface area contributed by atoms with Gasteiger partial charge in [-0.3, -0.25) is 4.98 Å². The van der Waals surface area contributed by atoms with Gasteiger partial charge in [-0.25, -0.2) is 15.0 Å². The van der Waals surface area contributed by atoms with Crippen molar-refractivity contribution in [3.63, 3.8) is 0 Å². The zero-order valence-electron chi connectivity index (χ0n) is 14.1. The van der Waals surface area contributed by atoms with Gasteiger partial charge in [0.1, 0.15) is 17.2 Å². The number of nitrogens with zero attached hydrogens (tertiary/aromatic N) is 4. The van der Waals surface area contributed by atoms with Crippen LogP contribution in [0.5, 0.6) is 0 Å². The molecule has 0 fully saturated rings. The van der Waals surface area contributed by atoms with Gasteiger partial charge < -0.3 is 5.32 Å². The Hall–Kier alpha value is -3.26. The molecule has 0 amide bonds. The van der Waals surface area contributed by atoms with E-state index in [1.807, 2.05) is 0 Å². The second-order valence-corrected chi connectivity index (χ2v) is 6.21. The van der Waals surface area contributed by atoms with E-state index in [0.717, 1.165) is 17.7 Å². The van der Waals surface area contributed by atoms with Crippen LogP contribution in [0.3, 0.4) is 0 Å². The average Bonchev–Trinajstić information content (AvgIpc) is 2.68. The summed E-state index contributed by atoms with van der Waals surface area (Å²) in [4.78, 5) is 16.8. The summed E-state index contributed by atoms with van der Waals surface area (Å²) in [5, 5.41) is 4.06. The van der Waals surface area contributed by atoms with Crippen LogP contribution >= 0.6 is 11.6 Å². The van der Waals surface area contributed by atoms with Crippen LogP contribution in [-0.4, -0.2) is 19.9 Å². The maximum Gasteiger partial charge on any atom is 0.416 e. The van der Waals surface area contributed by atoms with Crippen molar-refractivity contribution in [3.05, 3.63) is 71.9 Å². The van der Waals surface area contributed by atoms with E-state index >= 15 is 0 Å². The van der Waals surface area contributed by atoms with Crippen LogP contribution < -0.4 is 5.32 Å². The van der Waals surface area contributed by atoms with Crippen LogP contribution in [0.2, 0.25) is 5.15 Å². The van der Waals surface area contributed by atoms with Gasteiger partial charge in [0, 0.05) is 29.0 Å². The summed E-state index contributed by atoms with van der Waals surface area (Å²) >= 11 is 6.07. The summed E-state index contributed by atoms with van der Waals surface area (Å²) in [6, 6.07) is 10.1. The number of aromatic nitrogens is 4. The number of rotatable bonds is 3. The van der Waals surface area contributed by atoms with Gasteiger partial charge in [-0.15, -0.1) is 0 Å². The van der Waals surface area contributed by atoms with Crippen LogP contribution in [0.4, 0.5) is 24.7 Å². The zero-order valence-corrected chi connectivity index (χ0v) is 14.8. The van der Waals surface area contributed by atoms with E-state index in [2.05, 4.69) is 25.3 Å². The van der Waals surface area contributed by atoms with Crippen molar-refractivity contribution in [3.8, 4) is 11.3 Å². The molecule has 0 atom stereocenters. The first-order chi connectivity index (χ1) is 13.4. The van der Waals surface area contributed by atoms with Crippen LogP contribution in [0.15, 0.2) is 61.2 Å². The highest BCUT2D eigenvalue weighted by atomic mass is 35.5. The molecule has 0 saturated heterocycles. The molecule has 2 aromatic carbocycles. The first-order valence-electron chi connectivity index (χ1n) is 8.08. The smallest absolute Gasteiger partial charge is 0.338 e. The molecule has 140 valence electrons. The average molecular weight is 402 g/mol. The highest BCUT2D eigenvalue weighted by molar-refractivity contribution is 6.34. The second-order valence-electron chi connectivity index (χ2n) is 5.85. The number of nitrogens with one attached hydrogen (secondary N) is 1. The van der Waals surface area contributed by atoms with Crippen molar-refractivity contribution in [2.24, 2.45) is 0 Å². The molecule has 0 aliphatic carbocycles. The van der Waals surface area contributed by atoms with Crippen molar-refractivity contribution in [1.29, 1.82) is 0 Å². The van der Waals surface area contributed by atoms with Gasteiger partial charge >= 0.3 is 6.18 Å². The molecule has 0 unspecified atom stereocenters. The molecule has 0 aliphatic heterocycles. The van der Waals surface area contributed by atoms with Crippen molar-refractivity contribution in [1.82, 2.24) is 19.9 Å². The van der Waals surface area contributed by atoms with E-state index in [9.17, 15) is 13.2 Å². The number of halogens is 4. The fourth-order valence-corrected chi connectivity index (χ4v) is 2.89. The van der Waals surface area contributed by atoms with E-state index in [-0.39, 0.29) is 0 Å². The lowest BCUT2D eigenvalue weighted by molar-refractivity contribution is -0.137. The van der Waals surface area contributed by atoms with Gasteiger partial charge in [-0.2, -0.15) is 13.2 Å². The van der Waals surface area contributed by atoms with Gasteiger partial charge in [0.2, 0.25) is 0 Å². The molecular formula is C19H11ClF3N5. The molecule has 1 N–H and O–H groups in total. The van der Waals surface area contributed by atoms with Gasteiger partial charge in [0.25, 0.3) is 0 Å². The Bertz CT molecular complexity index is 1150. The molecule has 4 rings (SSSR count). The summed E-state index contributed by atoms with van der Waals surface area (Å²) < 4.78 is 38.2. The highest BCUT2D eigenvalue weighted by Gasteiger charge is 2.30. The lowest BCUT2D eigenvalue weighted by Gasteiger charge is -2.12. The summed E-state index contributed by atoms with van der Waals surface area (Å²) in [6.07, 6.45) is 0.0113. The van der Waals surface area contributed by atoms with Crippen LogP contribution in [-0.2, 0) is 6.18 Å². The molecule has 9 heteroatoms. The first kappa shape index (κ1) is 18.1. The van der Waals surface area contributed by atoms with E-state index in [4.69, 9.17) is 11.6 Å². The lowest BCUT2D eigenvalue weighted by Crippen LogP contribution is -2.05. The minimum absolute atomic E-state index is 0.346. The maximum atomic E-state index is 12.7. The van der Waals surface area contributed by atoms with Gasteiger partial charge in [-0.1, -0.05) is 17.7 Å². The van der Waals surface area contributed by atoms with Crippen LogP contribution in [0, 0.1) is 0 Å². The minimum Gasteiger partial charge on any atom is -0.338 e. The predicted molar refractivity (Wildman–Crippen MR) is 100 cm³/mol. The van der Waals surface area contributed by atoms with Crippen LogP contribution in [0.1, 0.15) is 5.56 Å². The predicted octanol–water partition coefficient (Wildman–Crippen LogP) is 5.50. The largest absolute Gasteiger partial charge is 0.416 e. The fourth-order valence-electron chi connectivity index (χ4n) is 2.69. The summed E-state index contributed by atoms with van der Waals surface area (Å²) in [5.41, 5.74) is 1.64. The molecule has 2 aromatic heterocycles. The highest BCUT2D eigenvalue weighted by Crippen LogP contribution is 2.32. The molecule has 28 heavy (non-hydrogen) atoms. The fraction of sp³-hybridized carbons (Fsp3) is 0.0526. The quantitative estimate of drug-likeness (QED) is 0.459. The van der Waals surface area contributed by atoms with Crippen molar-refractivity contribution < 1.29 is 13.2 Å². The number of hydrogen-bond acceptors (Lipinski definition) is 5. The SMILES string of the molecule is FC(F)(F)c1ccc(Nc2nccnc2-c2ccc3c(Cl)ncnc3c2)cc1. The van der Waals surface area contributed by atoms with Gasteiger partial charge in [-0.05, 0) is 36.4 Å². The summed E-state index contributed by atoms with van der Waals surface area (Å²) in [5.74, 6) is 0.404. The molecule has 5 nitrogen and oxygen atoms in total. The molecule has 0 bridgehead atoms. The van der Waals surface area contributed by atoms with E-state index in [0.29, 0.717) is 33.3 Å². The Morgan fingerprint density at radius 2 is 1.61 bits per heavy atom. The number of alkyl halides is 3. The topological polar surface area (TPSA) is 63.6 Å². The maximum absolute atomic E-state index is 12.7. The summed E-state index contributed by atoms with van der Waals surface area (Å²) in [6.45, 7) is 0. The Morgan fingerprint density at radius 3 is 2.36 bits per heavy atom. The Morgan fingerprint density at radius 1 is 0.857 bits per heavy atom. The number of anilines is 2. The molecule has 0 spiro atoms. The molecular weight excluding hydrogens is 391 g/mol. The number of benzene rings is 2. The van der Waals surface area contributed by atoms with Crippen molar-refractivity contribution >= 4 is 34.0 Å². The number of fused-ring (bicyclic) bond motifs is 1. The van der Waals surface area contributed by atoms with E-state index < -0.39 is 11.7 Å². The first-order valence-corrected chi connectivity index (χ1v) is 8.45.